The van der Waals surface area contributed by atoms with Gasteiger partial charge in [0.1, 0.15) is 0 Å². The second kappa shape index (κ2) is 8.17. The molecular weight excluding hydrogens is 324 g/mol. The molecule has 1 fully saturated rings. The Hall–Kier alpha value is -2.62. The molecule has 0 bridgehead atoms. The Bertz CT molecular complexity index is 741. The third kappa shape index (κ3) is 4.51. The molecule has 2 aromatic carbocycles. The Morgan fingerprint density at radius 2 is 1.62 bits per heavy atom. The fourth-order valence-corrected chi connectivity index (χ4v) is 3.21. The number of nitrogens with zero attached hydrogens (tertiary/aromatic N) is 1. The van der Waals surface area contributed by atoms with Crippen LogP contribution in [0.25, 0.3) is 0 Å². The van der Waals surface area contributed by atoms with E-state index in [9.17, 15) is 9.59 Å². The second-order valence-electron chi connectivity index (χ2n) is 7.09. The van der Waals surface area contributed by atoms with Crippen molar-refractivity contribution in [2.45, 2.75) is 38.3 Å². The van der Waals surface area contributed by atoms with Crippen LogP contribution in [0.4, 0.5) is 0 Å². The van der Waals surface area contributed by atoms with Crippen molar-refractivity contribution in [2.75, 3.05) is 7.05 Å². The van der Waals surface area contributed by atoms with Crippen LogP contribution in [-0.4, -0.2) is 29.8 Å². The van der Waals surface area contributed by atoms with E-state index in [1.54, 1.807) is 12.1 Å². The molecule has 2 amide bonds. The van der Waals surface area contributed by atoms with E-state index in [1.165, 1.54) is 12.8 Å². The molecule has 2 atom stereocenters. The lowest BCUT2D eigenvalue weighted by Crippen LogP contribution is -2.39. The van der Waals surface area contributed by atoms with Crippen LogP contribution in [0.5, 0.6) is 0 Å². The Balaban J connectivity index is 1.73. The van der Waals surface area contributed by atoms with Crippen molar-refractivity contribution in [1.29, 1.82) is 0 Å². The number of rotatable bonds is 7. The molecule has 2 aromatic rings. The van der Waals surface area contributed by atoms with E-state index in [1.807, 2.05) is 60.5 Å². The first-order chi connectivity index (χ1) is 12.6. The van der Waals surface area contributed by atoms with Gasteiger partial charge in [0.05, 0.1) is 12.5 Å². The standard InChI is InChI=1S/C22H26N2O2/c1-16(17-13-14-17)24(2)21(25)15-20(18-9-5-3-6-10-18)23-22(26)19-11-7-4-8-12-19/h3-12,16-17,20H,13-15H2,1-2H3,(H,23,26). The van der Waals surface area contributed by atoms with Gasteiger partial charge in [-0.15, -0.1) is 0 Å². The summed E-state index contributed by atoms with van der Waals surface area (Å²) in [5, 5.41) is 3.03. The van der Waals surface area contributed by atoms with Gasteiger partial charge in [0.25, 0.3) is 5.91 Å². The maximum atomic E-state index is 12.8. The van der Waals surface area contributed by atoms with Crippen molar-refractivity contribution in [2.24, 2.45) is 5.92 Å². The molecule has 2 unspecified atom stereocenters. The number of hydrogen-bond acceptors (Lipinski definition) is 2. The van der Waals surface area contributed by atoms with Crippen molar-refractivity contribution in [1.82, 2.24) is 10.2 Å². The normalized spacial score (nSPS) is 15.8. The van der Waals surface area contributed by atoms with Gasteiger partial charge in [-0.25, -0.2) is 0 Å². The molecule has 1 aliphatic carbocycles. The maximum Gasteiger partial charge on any atom is 0.251 e. The number of benzene rings is 2. The average Bonchev–Trinajstić information content (AvgIpc) is 3.52. The Labute approximate surface area is 155 Å². The zero-order chi connectivity index (χ0) is 18.5. The van der Waals surface area contributed by atoms with Crippen molar-refractivity contribution in [3.63, 3.8) is 0 Å². The summed E-state index contributed by atoms with van der Waals surface area (Å²) < 4.78 is 0. The highest BCUT2D eigenvalue weighted by molar-refractivity contribution is 5.94. The van der Waals surface area contributed by atoms with Crippen LogP contribution >= 0.6 is 0 Å². The molecule has 0 radical (unpaired) electrons. The Kier molecular flexibility index (Phi) is 5.71. The molecule has 4 heteroatoms. The van der Waals surface area contributed by atoms with Gasteiger partial charge in [0.2, 0.25) is 5.91 Å². The molecule has 0 aromatic heterocycles. The summed E-state index contributed by atoms with van der Waals surface area (Å²) in [4.78, 5) is 27.2. The maximum absolute atomic E-state index is 12.8. The van der Waals surface area contributed by atoms with Crippen LogP contribution in [-0.2, 0) is 4.79 Å². The number of amides is 2. The fraction of sp³-hybridized carbons (Fsp3) is 0.364. The van der Waals surface area contributed by atoms with E-state index >= 15 is 0 Å². The summed E-state index contributed by atoms with van der Waals surface area (Å²) >= 11 is 0. The summed E-state index contributed by atoms with van der Waals surface area (Å²) in [5.74, 6) is 0.523. The van der Waals surface area contributed by atoms with E-state index in [0.717, 1.165) is 5.56 Å². The first-order valence-electron chi connectivity index (χ1n) is 9.22. The Morgan fingerprint density at radius 1 is 1.04 bits per heavy atom. The minimum absolute atomic E-state index is 0.0617. The van der Waals surface area contributed by atoms with Crippen LogP contribution in [0.3, 0.4) is 0 Å². The predicted octanol–water partition coefficient (Wildman–Crippen LogP) is 3.80. The van der Waals surface area contributed by atoms with Gasteiger partial charge in [0.15, 0.2) is 0 Å². The molecular formula is C22H26N2O2. The molecule has 0 heterocycles. The lowest BCUT2D eigenvalue weighted by atomic mass is 10.0. The highest BCUT2D eigenvalue weighted by atomic mass is 16.2. The molecule has 1 saturated carbocycles. The number of nitrogens with one attached hydrogen (secondary N) is 1. The second-order valence-corrected chi connectivity index (χ2v) is 7.09. The highest BCUT2D eigenvalue weighted by Crippen LogP contribution is 2.35. The van der Waals surface area contributed by atoms with Gasteiger partial charge < -0.3 is 10.2 Å². The summed E-state index contributed by atoms with van der Waals surface area (Å²) in [5.41, 5.74) is 1.54. The van der Waals surface area contributed by atoms with Crippen LogP contribution in [0.1, 0.15) is 48.1 Å². The highest BCUT2D eigenvalue weighted by Gasteiger charge is 2.33. The van der Waals surface area contributed by atoms with Crippen LogP contribution in [0.2, 0.25) is 0 Å². The zero-order valence-corrected chi connectivity index (χ0v) is 15.4. The number of hydrogen-bond donors (Lipinski definition) is 1. The summed E-state index contributed by atoms with van der Waals surface area (Å²) in [7, 11) is 1.87. The SMILES string of the molecule is CC(C1CC1)N(C)C(=O)CC(NC(=O)c1ccccc1)c1ccccc1. The van der Waals surface area contributed by atoms with Gasteiger partial charge in [-0.2, -0.15) is 0 Å². The van der Waals surface area contributed by atoms with Gasteiger partial charge in [-0.1, -0.05) is 48.5 Å². The minimum atomic E-state index is -0.342. The first kappa shape index (κ1) is 18.2. The quantitative estimate of drug-likeness (QED) is 0.825. The van der Waals surface area contributed by atoms with E-state index in [4.69, 9.17) is 0 Å². The largest absolute Gasteiger partial charge is 0.345 e. The van der Waals surface area contributed by atoms with Gasteiger partial charge in [-0.05, 0) is 43.4 Å². The van der Waals surface area contributed by atoms with Crippen molar-refractivity contribution >= 4 is 11.8 Å². The molecule has 3 rings (SSSR count). The van der Waals surface area contributed by atoms with Gasteiger partial charge in [0, 0.05) is 18.7 Å². The molecule has 26 heavy (non-hydrogen) atoms. The van der Waals surface area contributed by atoms with Crippen molar-refractivity contribution in [3.05, 3.63) is 71.8 Å². The van der Waals surface area contributed by atoms with E-state index < -0.39 is 0 Å². The summed E-state index contributed by atoms with van der Waals surface area (Å²) in [6, 6.07) is 18.7. The van der Waals surface area contributed by atoms with Crippen LogP contribution in [0, 0.1) is 5.92 Å². The third-order valence-electron chi connectivity index (χ3n) is 5.23. The Morgan fingerprint density at radius 3 is 2.19 bits per heavy atom. The predicted molar refractivity (Wildman–Crippen MR) is 103 cm³/mol. The summed E-state index contributed by atoms with van der Waals surface area (Å²) in [6.45, 7) is 2.11. The van der Waals surface area contributed by atoms with Gasteiger partial charge >= 0.3 is 0 Å². The van der Waals surface area contributed by atoms with Gasteiger partial charge in [-0.3, -0.25) is 9.59 Å². The van der Waals surface area contributed by atoms with Crippen molar-refractivity contribution in [3.8, 4) is 0 Å². The molecule has 136 valence electrons. The van der Waals surface area contributed by atoms with Crippen LogP contribution < -0.4 is 5.32 Å². The monoisotopic (exact) mass is 350 g/mol. The van der Waals surface area contributed by atoms with E-state index in [2.05, 4.69) is 12.2 Å². The van der Waals surface area contributed by atoms with E-state index in [0.29, 0.717) is 11.5 Å². The fourth-order valence-electron chi connectivity index (χ4n) is 3.21. The van der Waals surface area contributed by atoms with Crippen LogP contribution in [0.15, 0.2) is 60.7 Å². The van der Waals surface area contributed by atoms with Crippen molar-refractivity contribution < 1.29 is 9.59 Å². The topological polar surface area (TPSA) is 49.4 Å². The molecule has 0 spiro atoms. The lowest BCUT2D eigenvalue weighted by Gasteiger charge is -2.27. The molecule has 1 aliphatic rings. The molecule has 0 aliphatic heterocycles. The smallest absolute Gasteiger partial charge is 0.251 e. The third-order valence-corrected chi connectivity index (χ3v) is 5.23. The molecule has 4 nitrogen and oxygen atoms in total. The molecule has 0 saturated heterocycles. The average molecular weight is 350 g/mol. The number of carbonyl (C=O) groups excluding carboxylic acids is 2. The first-order valence-corrected chi connectivity index (χ1v) is 9.22. The summed E-state index contributed by atoms with van der Waals surface area (Å²) in [6.07, 6.45) is 2.66. The molecule has 1 N–H and O–H groups in total. The zero-order valence-electron chi connectivity index (χ0n) is 15.4. The minimum Gasteiger partial charge on any atom is -0.345 e. The van der Waals surface area contributed by atoms with E-state index in [-0.39, 0.29) is 30.3 Å². The number of carbonyl (C=O) groups is 2. The lowest BCUT2D eigenvalue weighted by molar-refractivity contribution is -0.132.